The van der Waals surface area contributed by atoms with Gasteiger partial charge in [0.2, 0.25) is 5.91 Å². The summed E-state index contributed by atoms with van der Waals surface area (Å²) in [5.74, 6) is -1.23. The van der Waals surface area contributed by atoms with Gasteiger partial charge in [-0.25, -0.2) is 0 Å². The largest absolute Gasteiger partial charge is 0.481 e. The fourth-order valence-electron chi connectivity index (χ4n) is 2.13. The molecule has 1 amide bonds. The third-order valence-electron chi connectivity index (χ3n) is 4.82. The molecule has 0 fully saturated rings. The van der Waals surface area contributed by atoms with E-state index in [9.17, 15) is 9.59 Å². The highest BCUT2D eigenvalue weighted by molar-refractivity contribution is 6.74. The second kappa shape index (κ2) is 12.7. The molecule has 0 saturated carbocycles. The molecule has 166 valence electrons. The van der Waals surface area contributed by atoms with Gasteiger partial charge in [0.25, 0.3) is 0 Å². The standard InChI is InChI=1S/C13H27NO5Si.C8H11N/c1-13(2,3)20(5,6)19-10(8-12(16)17)7-11(15)14-9-18-4;1-7(9)8-5-3-2-4-6-8/h10H,7-9H2,1-6H3,(H,14,15)(H,16,17);2-7H,9H2,1H3/t10-;7-/m00/s1. The van der Waals surface area contributed by atoms with Crippen molar-refractivity contribution in [2.75, 3.05) is 13.8 Å². The van der Waals surface area contributed by atoms with Crippen molar-refractivity contribution in [1.82, 2.24) is 5.32 Å². The third-order valence-corrected chi connectivity index (χ3v) is 9.36. The van der Waals surface area contributed by atoms with E-state index in [0.29, 0.717) is 0 Å². The number of methoxy groups -OCH3 is 1. The predicted molar refractivity (Wildman–Crippen MR) is 118 cm³/mol. The number of hydrogen-bond acceptors (Lipinski definition) is 5. The first-order valence-corrected chi connectivity index (χ1v) is 12.7. The summed E-state index contributed by atoms with van der Waals surface area (Å²) in [6, 6.07) is 10.2. The molecule has 0 saturated heterocycles. The molecular weight excluding hydrogens is 388 g/mol. The van der Waals surface area contributed by atoms with Gasteiger partial charge in [-0.3, -0.25) is 9.59 Å². The lowest BCUT2D eigenvalue weighted by molar-refractivity contribution is -0.139. The Morgan fingerprint density at radius 1 is 1.17 bits per heavy atom. The van der Waals surface area contributed by atoms with Gasteiger partial charge >= 0.3 is 5.97 Å². The molecule has 4 N–H and O–H groups in total. The average molecular weight is 427 g/mol. The number of amides is 1. The van der Waals surface area contributed by atoms with Crippen LogP contribution in [0.3, 0.4) is 0 Å². The molecule has 2 atom stereocenters. The van der Waals surface area contributed by atoms with Gasteiger partial charge in [-0.1, -0.05) is 51.1 Å². The Balaban J connectivity index is 0.000000717. The molecule has 0 spiro atoms. The number of hydrogen-bond donors (Lipinski definition) is 3. The molecule has 0 aromatic heterocycles. The van der Waals surface area contributed by atoms with Crippen LogP contribution in [0.4, 0.5) is 0 Å². The first-order valence-electron chi connectivity index (χ1n) is 9.76. The minimum Gasteiger partial charge on any atom is -0.481 e. The summed E-state index contributed by atoms with van der Waals surface area (Å²) < 4.78 is 10.8. The summed E-state index contributed by atoms with van der Waals surface area (Å²) >= 11 is 0. The summed E-state index contributed by atoms with van der Waals surface area (Å²) in [6.45, 7) is 12.4. The van der Waals surface area contributed by atoms with Gasteiger partial charge in [0, 0.05) is 13.2 Å². The van der Waals surface area contributed by atoms with Crippen LogP contribution in [0.5, 0.6) is 0 Å². The SMILES string of the molecule is COCNC(=O)C[C@@H](CC(=O)O)O[Si](C)(C)C(C)(C)C.C[C@H](N)c1ccccc1. The zero-order valence-corrected chi connectivity index (χ0v) is 19.8. The van der Waals surface area contributed by atoms with Crippen LogP contribution in [-0.4, -0.2) is 45.2 Å². The second-order valence-corrected chi connectivity index (χ2v) is 13.3. The zero-order chi connectivity index (χ0) is 22.7. The number of ether oxygens (including phenoxy) is 1. The topological polar surface area (TPSA) is 111 Å². The maximum absolute atomic E-state index is 11.7. The number of carboxylic acid groups (broad SMARTS) is 1. The molecule has 1 rings (SSSR count). The minimum absolute atomic E-state index is 0.0299. The fourth-order valence-corrected chi connectivity index (χ4v) is 3.49. The highest BCUT2D eigenvalue weighted by Gasteiger charge is 2.39. The number of nitrogens with one attached hydrogen (secondary N) is 1. The Hall–Kier alpha value is -1.74. The first-order chi connectivity index (χ1) is 13.3. The summed E-state index contributed by atoms with van der Waals surface area (Å²) in [5, 5.41) is 11.5. The molecule has 0 aliphatic carbocycles. The van der Waals surface area contributed by atoms with Crippen molar-refractivity contribution in [2.24, 2.45) is 5.73 Å². The lowest BCUT2D eigenvalue weighted by atomic mass is 10.1. The predicted octanol–water partition coefficient (Wildman–Crippen LogP) is 3.67. The Kier molecular flexibility index (Phi) is 12.0. The molecule has 0 unspecified atom stereocenters. The Morgan fingerprint density at radius 2 is 1.72 bits per heavy atom. The van der Waals surface area contributed by atoms with Crippen molar-refractivity contribution in [3.63, 3.8) is 0 Å². The maximum Gasteiger partial charge on any atom is 0.305 e. The lowest BCUT2D eigenvalue weighted by Crippen LogP contribution is -2.45. The van der Waals surface area contributed by atoms with Gasteiger partial charge in [0.05, 0.1) is 18.9 Å². The van der Waals surface area contributed by atoms with E-state index in [4.69, 9.17) is 20.0 Å². The molecule has 1 aromatic carbocycles. The van der Waals surface area contributed by atoms with Crippen LogP contribution in [0.1, 0.15) is 52.1 Å². The molecule has 0 bridgehead atoms. The number of rotatable bonds is 9. The number of carboxylic acids is 1. The molecule has 8 heteroatoms. The average Bonchev–Trinajstić information content (AvgIpc) is 2.59. The van der Waals surface area contributed by atoms with Crippen LogP contribution in [0, 0.1) is 0 Å². The Bertz CT molecular complexity index is 615. The Labute approximate surface area is 176 Å². The third kappa shape index (κ3) is 11.8. The van der Waals surface area contributed by atoms with Crippen LogP contribution in [-0.2, 0) is 18.8 Å². The van der Waals surface area contributed by atoms with Crippen LogP contribution in [0.25, 0.3) is 0 Å². The van der Waals surface area contributed by atoms with Gasteiger partial charge < -0.3 is 25.3 Å². The van der Waals surface area contributed by atoms with Crippen LogP contribution in [0.2, 0.25) is 18.1 Å². The van der Waals surface area contributed by atoms with Gasteiger partial charge in [-0.2, -0.15) is 0 Å². The number of benzene rings is 1. The molecular formula is C21H38N2O5Si. The van der Waals surface area contributed by atoms with Gasteiger partial charge in [-0.15, -0.1) is 0 Å². The summed E-state index contributed by atoms with van der Waals surface area (Å²) in [6.07, 6.45) is -0.750. The molecule has 0 heterocycles. The van der Waals surface area contributed by atoms with E-state index < -0.39 is 20.4 Å². The van der Waals surface area contributed by atoms with Gasteiger partial charge in [-0.05, 0) is 30.6 Å². The van der Waals surface area contributed by atoms with E-state index in [-0.39, 0.29) is 36.6 Å². The number of aliphatic carboxylic acids is 1. The van der Waals surface area contributed by atoms with Crippen LogP contribution < -0.4 is 11.1 Å². The quantitative estimate of drug-likeness (QED) is 0.410. The van der Waals surface area contributed by atoms with E-state index in [1.807, 2.05) is 50.3 Å². The van der Waals surface area contributed by atoms with Crippen molar-refractivity contribution in [2.45, 2.75) is 70.8 Å². The highest BCUT2D eigenvalue weighted by Crippen LogP contribution is 2.37. The molecule has 0 aliphatic heterocycles. The molecule has 7 nitrogen and oxygen atoms in total. The Morgan fingerprint density at radius 3 is 2.10 bits per heavy atom. The number of nitrogens with two attached hydrogens (primary N) is 1. The van der Waals surface area contributed by atoms with Crippen molar-refractivity contribution < 1.29 is 23.9 Å². The van der Waals surface area contributed by atoms with Crippen molar-refractivity contribution in [1.29, 1.82) is 0 Å². The fraction of sp³-hybridized carbons (Fsp3) is 0.619. The van der Waals surface area contributed by atoms with Gasteiger partial charge in [0.15, 0.2) is 8.32 Å². The molecule has 1 aromatic rings. The van der Waals surface area contributed by atoms with Crippen molar-refractivity contribution in [3.8, 4) is 0 Å². The molecule has 0 aliphatic rings. The lowest BCUT2D eigenvalue weighted by Gasteiger charge is -2.38. The second-order valence-electron chi connectivity index (χ2n) is 8.53. The van der Waals surface area contributed by atoms with Crippen molar-refractivity contribution >= 4 is 20.2 Å². The van der Waals surface area contributed by atoms with Crippen LogP contribution >= 0.6 is 0 Å². The maximum atomic E-state index is 11.7. The minimum atomic E-state index is -2.11. The number of carbonyl (C=O) groups excluding carboxylic acids is 1. The zero-order valence-electron chi connectivity index (χ0n) is 18.8. The van der Waals surface area contributed by atoms with E-state index in [1.165, 1.54) is 12.7 Å². The summed E-state index contributed by atoms with van der Waals surface area (Å²) in [4.78, 5) is 22.6. The first kappa shape index (κ1) is 27.3. The number of carbonyl (C=O) groups is 2. The van der Waals surface area contributed by atoms with Crippen LogP contribution in [0.15, 0.2) is 30.3 Å². The smallest absolute Gasteiger partial charge is 0.305 e. The van der Waals surface area contributed by atoms with E-state index in [1.54, 1.807) is 0 Å². The van der Waals surface area contributed by atoms with E-state index in [2.05, 4.69) is 26.1 Å². The van der Waals surface area contributed by atoms with E-state index >= 15 is 0 Å². The summed E-state index contributed by atoms with van der Waals surface area (Å²) in [5.41, 5.74) is 6.81. The van der Waals surface area contributed by atoms with Gasteiger partial charge in [0.1, 0.15) is 6.73 Å². The highest BCUT2D eigenvalue weighted by atomic mass is 28.4. The molecule has 0 radical (unpaired) electrons. The monoisotopic (exact) mass is 426 g/mol. The molecule has 29 heavy (non-hydrogen) atoms. The van der Waals surface area contributed by atoms with E-state index in [0.717, 1.165) is 0 Å². The van der Waals surface area contributed by atoms with Crippen molar-refractivity contribution in [3.05, 3.63) is 35.9 Å². The normalized spacial score (nSPS) is 13.7. The summed E-state index contributed by atoms with van der Waals surface area (Å²) in [7, 11) is -0.634.